The maximum Gasteiger partial charge on any atom is 0.251 e. The molecule has 3 saturated carbocycles. The lowest BCUT2D eigenvalue weighted by molar-refractivity contribution is -0.123. The molecule has 206 valence electrons. The van der Waals surface area contributed by atoms with Crippen LogP contribution in [-0.4, -0.2) is 22.3 Å². The number of hydrogen-bond donors (Lipinski definition) is 1. The first-order valence-electron chi connectivity index (χ1n) is 15.2. The van der Waals surface area contributed by atoms with Crippen molar-refractivity contribution in [1.29, 1.82) is 0 Å². The van der Waals surface area contributed by atoms with Gasteiger partial charge in [-0.2, -0.15) is 0 Å². The van der Waals surface area contributed by atoms with Gasteiger partial charge in [0.2, 0.25) is 0 Å². The van der Waals surface area contributed by atoms with E-state index in [1.807, 2.05) is 13.0 Å². The molecule has 5 atom stereocenters. The third-order valence-corrected chi connectivity index (χ3v) is 11.5. The van der Waals surface area contributed by atoms with Crippen molar-refractivity contribution in [2.75, 3.05) is 0 Å². The van der Waals surface area contributed by atoms with Crippen molar-refractivity contribution in [2.24, 2.45) is 22.7 Å². The summed E-state index contributed by atoms with van der Waals surface area (Å²) in [5.41, 5.74) is 4.55. The average Bonchev–Trinajstić information content (AvgIpc) is 3.39. The van der Waals surface area contributed by atoms with Crippen molar-refractivity contribution in [1.82, 2.24) is 0 Å². The Morgan fingerprint density at radius 2 is 1.72 bits per heavy atom. The summed E-state index contributed by atoms with van der Waals surface area (Å²) in [5, 5.41) is 11.9. The molecule has 0 radical (unpaired) electrons. The Labute approximate surface area is 233 Å². The molecule has 6 aliphatic rings. The molecular weight excluding hydrogens is 484 g/mol. The Balaban J connectivity index is 1.31. The van der Waals surface area contributed by atoms with Gasteiger partial charge in [-0.05, 0) is 110 Å². The number of fused-ring (bicyclic) bond motifs is 5. The van der Waals surface area contributed by atoms with E-state index in [1.165, 1.54) is 22.3 Å². The summed E-state index contributed by atoms with van der Waals surface area (Å²) in [5.74, 6) is 8.77. The van der Waals surface area contributed by atoms with Gasteiger partial charge in [0.25, 0.3) is 5.79 Å². The van der Waals surface area contributed by atoms with Crippen LogP contribution in [-0.2, 0) is 4.79 Å². The summed E-state index contributed by atoms with van der Waals surface area (Å²) in [6.45, 7) is 8.81. The average molecular weight is 527 g/mol. The summed E-state index contributed by atoms with van der Waals surface area (Å²) < 4.78 is 13.1. The lowest BCUT2D eigenvalue weighted by Gasteiger charge is -2.53. The molecule has 1 spiro atoms. The highest BCUT2D eigenvalue weighted by Crippen LogP contribution is 2.67. The summed E-state index contributed by atoms with van der Waals surface area (Å²) in [4.78, 5) is 12.4. The Morgan fingerprint density at radius 1 is 0.949 bits per heavy atom. The molecule has 1 aromatic carbocycles. The molecule has 4 heteroatoms. The molecule has 3 fully saturated rings. The van der Waals surface area contributed by atoms with Crippen LogP contribution >= 0.6 is 0 Å². The fourth-order valence-electron chi connectivity index (χ4n) is 9.22. The number of benzene rings is 1. The third kappa shape index (κ3) is 3.79. The van der Waals surface area contributed by atoms with Crippen molar-refractivity contribution < 1.29 is 19.4 Å². The first-order chi connectivity index (χ1) is 18.6. The van der Waals surface area contributed by atoms with Crippen molar-refractivity contribution in [3.8, 4) is 23.3 Å². The van der Waals surface area contributed by atoms with Crippen LogP contribution in [0.4, 0.5) is 0 Å². The number of ether oxygens (including phenoxy) is 2. The normalized spacial score (nSPS) is 37.4. The van der Waals surface area contributed by atoms with E-state index < -0.39 is 11.4 Å². The van der Waals surface area contributed by atoms with Crippen LogP contribution in [0.5, 0.6) is 11.5 Å². The topological polar surface area (TPSA) is 55.8 Å². The third-order valence-electron chi connectivity index (χ3n) is 11.5. The zero-order chi connectivity index (χ0) is 27.2. The van der Waals surface area contributed by atoms with Crippen LogP contribution in [0, 0.1) is 34.5 Å². The van der Waals surface area contributed by atoms with Gasteiger partial charge < -0.3 is 14.6 Å². The lowest BCUT2D eigenvalue weighted by atomic mass is 9.51. The largest absolute Gasteiger partial charge is 0.448 e. The minimum atomic E-state index is -0.963. The second-order valence-electron chi connectivity index (χ2n) is 14.3. The fourth-order valence-corrected chi connectivity index (χ4v) is 9.22. The van der Waals surface area contributed by atoms with Crippen LogP contribution in [0.25, 0.3) is 0 Å². The highest BCUT2D eigenvalue weighted by Gasteiger charge is 2.62. The van der Waals surface area contributed by atoms with Gasteiger partial charge in [0.15, 0.2) is 17.3 Å². The van der Waals surface area contributed by atoms with E-state index in [9.17, 15) is 9.90 Å². The van der Waals surface area contributed by atoms with Crippen LogP contribution < -0.4 is 9.47 Å². The van der Waals surface area contributed by atoms with Gasteiger partial charge in [-0.15, -0.1) is 5.92 Å². The van der Waals surface area contributed by atoms with Gasteiger partial charge in [-0.25, -0.2) is 0 Å². The Hall–Kier alpha value is -2.51. The molecule has 1 heterocycles. The van der Waals surface area contributed by atoms with Gasteiger partial charge in [0.05, 0.1) is 0 Å². The van der Waals surface area contributed by atoms with Gasteiger partial charge >= 0.3 is 0 Å². The molecule has 0 unspecified atom stereocenters. The number of carbonyl (C=O) groups is 1. The van der Waals surface area contributed by atoms with E-state index in [0.29, 0.717) is 23.7 Å². The van der Waals surface area contributed by atoms with E-state index in [2.05, 4.69) is 50.8 Å². The van der Waals surface area contributed by atoms with E-state index in [-0.39, 0.29) is 17.1 Å². The summed E-state index contributed by atoms with van der Waals surface area (Å²) >= 11 is 0. The lowest BCUT2D eigenvalue weighted by Crippen LogP contribution is -2.51. The maximum absolute atomic E-state index is 12.4. The number of ketones is 1. The number of carbonyl (C=O) groups excluding carboxylic acids is 1. The standard InChI is InChI=1S/C35H42O4/c1-5-13-34(37)14-12-28-26-9-6-22-19-24(36)8-10-25(22)31(26)27(21-33(28,34)4)23-7-11-29-30(20-23)39-35(38-29)17-15-32(2,3)16-18-35/h7,11,19-20,26-28,37H,6,8-10,12,14-18,21H2,1-4H3/t26-,27+,28-,33-,34-/m0/s1. The van der Waals surface area contributed by atoms with Crippen LogP contribution in [0.15, 0.2) is 41.0 Å². The molecule has 39 heavy (non-hydrogen) atoms. The number of rotatable bonds is 1. The summed E-state index contributed by atoms with van der Waals surface area (Å²) in [7, 11) is 0. The van der Waals surface area contributed by atoms with Crippen LogP contribution in [0.1, 0.15) is 110 Å². The molecule has 0 aromatic heterocycles. The molecule has 0 amide bonds. The SMILES string of the molecule is CC#C[C@]1(O)CC[C@H]2[C@@H]3CCC4=CC(=O)CCC4=C3[C@@H](c3ccc4c(c3)OC3(CCC(C)(C)CC3)O4)C[C@@]21C. The molecule has 7 rings (SSSR count). The summed E-state index contributed by atoms with van der Waals surface area (Å²) in [6, 6.07) is 6.58. The van der Waals surface area contributed by atoms with Gasteiger partial charge in [0.1, 0.15) is 5.60 Å². The number of allylic oxidation sites excluding steroid dienone is 4. The van der Waals surface area contributed by atoms with Crippen molar-refractivity contribution >= 4 is 5.78 Å². The monoisotopic (exact) mass is 526 g/mol. The molecular formula is C35H42O4. The van der Waals surface area contributed by atoms with E-state index in [0.717, 1.165) is 75.7 Å². The van der Waals surface area contributed by atoms with Crippen molar-refractivity contribution in [2.45, 2.75) is 116 Å². The van der Waals surface area contributed by atoms with E-state index in [1.54, 1.807) is 0 Å². The minimum absolute atomic E-state index is 0.169. The minimum Gasteiger partial charge on any atom is -0.448 e. The molecule has 1 N–H and O–H groups in total. The Bertz CT molecular complexity index is 1360. The molecule has 1 aliphatic heterocycles. The number of hydrogen-bond acceptors (Lipinski definition) is 4. The quantitative estimate of drug-likeness (QED) is 0.387. The molecule has 0 bridgehead atoms. The van der Waals surface area contributed by atoms with E-state index in [4.69, 9.17) is 9.47 Å². The Kier molecular flexibility index (Phi) is 5.55. The zero-order valence-electron chi connectivity index (χ0n) is 24.0. The first kappa shape index (κ1) is 25.5. The van der Waals surface area contributed by atoms with E-state index >= 15 is 0 Å². The number of aliphatic hydroxyl groups is 1. The fraction of sp³-hybridized carbons (Fsp3) is 0.629. The second kappa shape index (κ2) is 8.50. The second-order valence-corrected chi connectivity index (χ2v) is 14.3. The smallest absolute Gasteiger partial charge is 0.251 e. The van der Waals surface area contributed by atoms with Gasteiger partial charge in [-0.3, -0.25) is 4.79 Å². The van der Waals surface area contributed by atoms with Crippen LogP contribution in [0.3, 0.4) is 0 Å². The summed E-state index contributed by atoms with van der Waals surface area (Å²) in [6.07, 6.45) is 12.0. The Morgan fingerprint density at radius 3 is 2.49 bits per heavy atom. The maximum atomic E-state index is 12.4. The molecule has 1 aromatic rings. The predicted octanol–water partition coefficient (Wildman–Crippen LogP) is 7.41. The highest BCUT2D eigenvalue weighted by atomic mass is 16.7. The first-order valence-corrected chi connectivity index (χ1v) is 15.2. The molecule has 4 nitrogen and oxygen atoms in total. The predicted molar refractivity (Wildman–Crippen MR) is 151 cm³/mol. The molecule has 5 aliphatic carbocycles. The highest BCUT2D eigenvalue weighted by molar-refractivity contribution is 5.93. The molecule has 0 saturated heterocycles. The zero-order valence-corrected chi connectivity index (χ0v) is 24.0. The van der Waals surface area contributed by atoms with Crippen molar-refractivity contribution in [3.05, 3.63) is 46.6 Å². The van der Waals surface area contributed by atoms with Gasteiger partial charge in [-0.1, -0.05) is 38.3 Å². The van der Waals surface area contributed by atoms with Crippen LogP contribution in [0.2, 0.25) is 0 Å². The van der Waals surface area contributed by atoms with Crippen molar-refractivity contribution in [3.63, 3.8) is 0 Å². The van der Waals surface area contributed by atoms with Gasteiger partial charge in [0, 0.05) is 30.6 Å².